The molecule has 0 aliphatic rings. The first-order valence-electron chi connectivity index (χ1n) is 2.43. The molecule has 0 rings (SSSR count). The molecule has 0 aliphatic carbocycles. The van der Waals surface area contributed by atoms with Gasteiger partial charge in [0, 0.05) is 34.6 Å². The van der Waals surface area contributed by atoms with Crippen LogP contribution < -0.4 is 0 Å². The molecule has 0 heterocycles. The minimum Gasteiger partial charge on any atom is -0.357 e. The van der Waals surface area contributed by atoms with Gasteiger partial charge in [0.1, 0.15) is 0 Å². The summed E-state index contributed by atoms with van der Waals surface area (Å²) in [7, 11) is 3.38. The van der Waals surface area contributed by atoms with Crippen LogP contribution in [-0.2, 0) is 30.0 Å². The number of hydrogen-bond acceptors (Lipinski definition) is 3. The van der Waals surface area contributed by atoms with Crippen LogP contribution in [-0.4, -0.2) is 32.6 Å². The molecule has 0 unspecified atom stereocenters. The van der Waals surface area contributed by atoms with Crippen LogP contribution in [0.3, 0.4) is 0 Å². The molecule has 0 spiro atoms. The van der Waals surface area contributed by atoms with E-state index < -0.39 is 0 Å². The summed E-state index contributed by atoms with van der Waals surface area (Å²) in [6, 6.07) is 0. The SMILES string of the molecule is [CH2-]CN(C)OCOC.[Re]. The van der Waals surface area contributed by atoms with Gasteiger partial charge in [-0.3, -0.25) is 4.84 Å². The first kappa shape index (κ1) is 12.2. The van der Waals surface area contributed by atoms with Gasteiger partial charge in [-0.05, 0) is 0 Å². The first-order chi connectivity index (χ1) is 3.81. The summed E-state index contributed by atoms with van der Waals surface area (Å²) < 4.78 is 4.62. The third-order valence-corrected chi connectivity index (χ3v) is 0.706. The van der Waals surface area contributed by atoms with E-state index in [4.69, 9.17) is 4.84 Å². The van der Waals surface area contributed by atoms with Crippen molar-refractivity contribution in [2.75, 3.05) is 27.5 Å². The molecule has 0 aliphatic heterocycles. The third-order valence-electron chi connectivity index (χ3n) is 0.706. The molecule has 0 saturated carbocycles. The van der Waals surface area contributed by atoms with Crippen LogP contribution in [0.25, 0.3) is 0 Å². The Kier molecular flexibility index (Phi) is 11.6. The van der Waals surface area contributed by atoms with Crippen LogP contribution in [0.5, 0.6) is 0 Å². The molecule has 0 aromatic heterocycles. The first-order valence-corrected chi connectivity index (χ1v) is 2.43. The summed E-state index contributed by atoms with van der Waals surface area (Å²) in [6.07, 6.45) is 0. The second-order valence-corrected chi connectivity index (χ2v) is 1.39. The van der Waals surface area contributed by atoms with Crippen molar-refractivity contribution in [3.05, 3.63) is 6.92 Å². The van der Waals surface area contributed by atoms with E-state index in [2.05, 4.69) is 11.7 Å². The average Bonchev–Trinajstić information content (AvgIpc) is 1.83. The zero-order valence-corrected chi connectivity index (χ0v) is 8.48. The standard InChI is InChI=1S/C5H12NO2.Re/c1-4-6(2)8-5-7-3;/h1,4-5H2,2-3H3;/q-1;. The molecular weight excluding hydrogens is 292 g/mol. The van der Waals surface area contributed by atoms with Crippen molar-refractivity contribution in [2.45, 2.75) is 0 Å². The normalized spacial score (nSPS) is 9.33. The molecule has 0 aromatic carbocycles. The predicted molar refractivity (Wildman–Crippen MR) is 30.9 cm³/mol. The van der Waals surface area contributed by atoms with Crippen LogP contribution in [0, 0.1) is 6.92 Å². The summed E-state index contributed by atoms with van der Waals surface area (Å²) in [5.74, 6) is 0. The Hall–Kier alpha value is 0.542. The zero-order chi connectivity index (χ0) is 6.41. The van der Waals surface area contributed by atoms with Crippen LogP contribution in [0.2, 0.25) is 0 Å². The quantitative estimate of drug-likeness (QED) is 0.423. The molecule has 4 heteroatoms. The second kappa shape index (κ2) is 8.54. The van der Waals surface area contributed by atoms with E-state index in [1.807, 2.05) is 0 Å². The fourth-order valence-electron chi connectivity index (χ4n) is 0.207. The van der Waals surface area contributed by atoms with E-state index in [1.165, 1.54) is 0 Å². The summed E-state index contributed by atoms with van der Waals surface area (Å²) >= 11 is 0. The van der Waals surface area contributed by atoms with Gasteiger partial charge in [-0.15, -0.1) is 6.54 Å². The van der Waals surface area contributed by atoms with E-state index in [0.29, 0.717) is 13.3 Å². The van der Waals surface area contributed by atoms with Crippen molar-refractivity contribution >= 4 is 0 Å². The molecule has 3 nitrogen and oxygen atoms in total. The molecule has 0 aromatic rings. The van der Waals surface area contributed by atoms with Crippen molar-refractivity contribution in [3.63, 3.8) is 0 Å². The van der Waals surface area contributed by atoms with Gasteiger partial charge in [0.2, 0.25) is 0 Å². The molecule has 0 amide bonds. The number of methoxy groups -OCH3 is 1. The smallest absolute Gasteiger partial charge is 0.166 e. The van der Waals surface area contributed by atoms with Crippen LogP contribution in [0.4, 0.5) is 0 Å². The van der Waals surface area contributed by atoms with Gasteiger partial charge < -0.3 is 11.7 Å². The van der Waals surface area contributed by atoms with Crippen LogP contribution in [0.1, 0.15) is 0 Å². The number of ether oxygens (including phenoxy) is 1. The monoisotopic (exact) mass is 305 g/mol. The maximum absolute atomic E-state index is 4.89. The Balaban J connectivity index is 0. The van der Waals surface area contributed by atoms with Gasteiger partial charge in [-0.25, -0.2) is 5.06 Å². The minimum atomic E-state index is 0. The van der Waals surface area contributed by atoms with Gasteiger partial charge in [-0.1, -0.05) is 0 Å². The Morgan fingerprint density at radius 3 is 2.44 bits per heavy atom. The summed E-state index contributed by atoms with van der Waals surface area (Å²) in [5, 5.41) is 1.60. The molecule has 0 fully saturated rings. The van der Waals surface area contributed by atoms with Crippen LogP contribution in [0.15, 0.2) is 0 Å². The topological polar surface area (TPSA) is 21.7 Å². The Bertz CT molecular complexity index is 54.2. The molecule has 0 atom stereocenters. The van der Waals surface area contributed by atoms with E-state index in [9.17, 15) is 0 Å². The molecule has 0 N–H and O–H groups in total. The van der Waals surface area contributed by atoms with Crippen molar-refractivity contribution in [1.82, 2.24) is 5.06 Å². The third kappa shape index (κ3) is 8.54. The van der Waals surface area contributed by atoms with Gasteiger partial charge >= 0.3 is 0 Å². The number of rotatable bonds is 4. The molecule has 0 saturated heterocycles. The number of nitrogens with zero attached hydrogens (tertiary/aromatic N) is 1. The number of hydrogen-bond donors (Lipinski definition) is 0. The molecule has 1 radical (unpaired) electrons. The van der Waals surface area contributed by atoms with Gasteiger partial charge in [0.05, 0.1) is 0 Å². The molecule has 0 bridgehead atoms. The van der Waals surface area contributed by atoms with Crippen molar-refractivity contribution in [1.29, 1.82) is 0 Å². The number of hydroxylamine groups is 2. The van der Waals surface area contributed by atoms with Crippen molar-refractivity contribution in [3.8, 4) is 0 Å². The minimum absolute atomic E-state index is 0. The van der Waals surface area contributed by atoms with Crippen LogP contribution >= 0.6 is 0 Å². The maximum atomic E-state index is 4.89. The second-order valence-electron chi connectivity index (χ2n) is 1.39. The van der Waals surface area contributed by atoms with E-state index in [-0.39, 0.29) is 20.4 Å². The maximum Gasteiger partial charge on any atom is 0.166 e. The summed E-state index contributed by atoms with van der Waals surface area (Å²) in [5.41, 5.74) is 0. The molecular formula is C5H12NO2Re-. The zero-order valence-electron chi connectivity index (χ0n) is 5.76. The summed E-state index contributed by atoms with van der Waals surface area (Å²) in [6.45, 7) is 4.51. The molecule has 9 heavy (non-hydrogen) atoms. The Morgan fingerprint density at radius 1 is 1.56 bits per heavy atom. The van der Waals surface area contributed by atoms with Gasteiger partial charge in [-0.2, -0.15) is 0 Å². The molecule has 57 valence electrons. The van der Waals surface area contributed by atoms with E-state index in [1.54, 1.807) is 19.2 Å². The Morgan fingerprint density at radius 2 is 2.11 bits per heavy atom. The Labute approximate surface area is 69.9 Å². The van der Waals surface area contributed by atoms with Gasteiger partial charge in [0.25, 0.3) is 0 Å². The summed E-state index contributed by atoms with van der Waals surface area (Å²) in [4.78, 5) is 4.89. The fourth-order valence-corrected chi connectivity index (χ4v) is 0.207. The van der Waals surface area contributed by atoms with Crippen molar-refractivity contribution < 1.29 is 30.0 Å². The average molecular weight is 304 g/mol. The predicted octanol–water partition coefficient (Wildman–Crippen LogP) is 0.285. The van der Waals surface area contributed by atoms with Gasteiger partial charge in [0.15, 0.2) is 6.79 Å². The van der Waals surface area contributed by atoms with Crippen molar-refractivity contribution in [2.24, 2.45) is 0 Å². The van der Waals surface area contributed by atoms with E-state index in [0.717, 1.165) is 0 Å². The van der Waals surface area contributed by atoms with E-state index >= 15 is 0 Å². The fraction of sp³-hybridized carbons (Fsp3) is 0.800. The largest absolute Gasteiger partial charge is 0.357 e.